The van der Waals surface area contributed by atoms with Gasteiger partial charge >= 0.3 is 0 Å². The summed E-state index contributed by atoms with van der Waals surface area (Å²) in [5, 5.41) is 0. The number of rotatable bonds is 4. The van der Waals surface area contributed by atoms with E-state index in [2.05, 4.69) is 14.7 Å². The molecule has 1 aliphatic rings. The lowest BCUT2D eigenvalue weighted by Crippen LogP contribution is -2.47. The van der Waals surface area contributed by atoms with E-state index < -0.39 is 10.0 Å². The first-order chi connectivity index (χ1) is 14.4. The van der Waals surface area contributed by atoms with Crippen LogP contribution in [0.15, 0.2) is 53.7 Å². The van der Waals surface area contributed by atoms with Gasteiger partial charge in [0.05, 0.1) is 36.0 Å². The van der Waals surface area contributed by atoms with E-state index in [0.29, 0.717) is 30.8 Å². The van der Waals surface area contributed by atoms with Gasteiger partial charge < -0.3 is 9.64 Å². The topological polar surface area (TPSA) is 101 Å². The fraction of sp³-hybridized carbons (Fsp3) is 0.286. The van der Waals surface area contributed by atoms with Crippen LogP contribution in [0.25, 0.3) is 11.0 Å². The molecule has 1 atom stereocenters. The fourth-order valence-electron chi connectivity index (χ4n) is 3.50. The van der Waals surface area contributed by atoms with E-state index in [-0.39, 0.29) is 28.0 Å². The lowest BCUT2D eigenvalue weighted by atomic mass is 10.1. The number of nitrogens with one attached hydrogen (secondary N) is 1. The number of para-hydroxylation sites is 1. The zero-order chi connectivity index (χ0) is 21.3. The zero-order valence-electron chi connectivity index (χ0n) is 16.7. The van der Waals surface area contributed by atoms with Crippen molar-refractivity contribution < 1.29 is 17.9 Å². The normalized spacial score (nSPS) is 17.1. The van der Waals surface area contributed by atoms with Crippen molar-refractivity contribution in [2.24, 2.45) is 0 Å². The van der Waals surface area contributed by atoms with Gasteiger partial charge in [0.2, 0.25) is 0 Å². The van der Waals surface area contributed by atoms with E-state index in [1.54, 1.807) is 35.2 Å². The number of amides is 1. The Hall–Kier alpha value is -3.04. The fourth-order valence-corrected chi connectivity index (χ4v) is 4.73. The van der Waals surface area contributed by atoms with Crippen molar-refractivity contribution in [1.29, 1.82) is 0 Å². The molecular formula is C21H22N4O4S. The molecule has 1 aliphatic heterocycles. The van der Waals surface area contributed by atoms with Crippen LogP contribution in [-0.4, -0.2) is 55.0 Å². The lowest BCUT2D eigenvalue weighted by Gasteiger charge is -2.33. The van der Waals surface area contributed by atoms with Crippen LogP contribution in [0, 0.1) is 6.92 Å². The first-order valence-electron chi connectivity index (χ1n) is 9.59. The van der Waals surface area contributed by atoms with Crippen molar-refractivity contribution in [2.45, 2.75) is 24.8 Å². The average molecular weight is 426 g/mol. The molecule has 0 radical (unpaired) electrons. The molecule has 30 heavy (non-hydrogen) atoms. The third kappa shape index (κ3) is 3.86. The number of carbonyl (C=O) groups excluding carboxylic acids is 1. The van der Waals surface area contributed by atoms with E-state index in [9.17, 15) is 13.2 Å². The van der Waals surface area contributed by atoms with Crippen LogP contribution < -0.4 is 4.72 Å². The Balaban J connectivity index is 1.74. The summed E-state index contributed by atoms with van der Waals surface area (Å²) in [5.41, 5.74) is 2.11. The standard InChI is InChI=1S/C21H22N4O4S/c1-14-6-7-16(21(26)25-10-11-29-13-15(25)2)18(12-14)24-30(27,28)19-5-3-4-17-20(19)23-9-8-22-17/h3-9,12,15,24H,10-11,13H2,1-2H3. The minimum absolute atomic E-state index is 0.00717. The highest BCUT2D eigenvalue weighted by atomic mass is 32.2. The summed E-state index contributed by atoms with van der Waals surface area (Å²) >= 11 is 0. The van der Waals surface area contributed by atoms with Crippen molar-refractivity contribution in [3.63, 3.8) is 0 Å². The van der Waals surface area contributed by atoms with Crippen LogP contribution in [0.5, 0.6) is 0 Å². The third-order valence-electron chi connectivity index (χ3n) is 5.03. The predicted molar refractivity (Wildman–Crippen MR) is 113 cm³/mol. The van der Waals surface area contributed by atoms with Gasteiger partial charge in [-0.15, -0.1) is 0 Å². The number of hydrogen-bond acceptors (Lipinski definition) is 6. The van der Waals surface area contributed by atoms with Gasteiger partial charge in [0.15, 0.2) is 0 Å². The molecule has 4 rings (SSSR count). The maximum absolute atomic E-state index is 13.2. The van der Waals surface area contributed by atoms with Crippen molar-refractivity contribution in [3.8, 4) is 0 Å². The van der Waals surface area contributed by atoms with Gasteiger partial charge in [0, 0.05) is 18.9 Å². The van der Waals surface area contributed by atoms with Gasteiger partial charge in [-0.2, -0.15) is 0 Å². The predicted octanol–water partition coefficient (Wildman–Crippen LogP) is 2.60. The molecule has 0 bridgehead atoms. The van der Waals surface area contributed by atoms with Crippen molar-refractivity contribution >= 4 is 32.7 Å². The second-order valence-corrected chi connectivity index (χ2v) is 8.91. The molecule has 156 valence electrons. The Labute approximate surface area is 175 Å². The number of anilines is 1. The Morgan fingerprint density at radius 3 is 2.80 bits per heavy atom. The zero-order valence-corrected chi connectivity index (χ0v) is 17.5. The largest absolute Gasteiger partial charge is 0.377 e. The molecule has 9 heteroatoms. The Bertz CT molecular complexity index is 1210. The molecule has 2 heterocycles. The number of sulfonamides is 1. The smallest absolute Gasteiger partial charge is 0.264 e. The summed E-state index contributed by atoms with van der Waals surface area (Å²) in [6.45, 7) is 5.11. The molecule has 1 aromatic heterocycles. The Morgan fingerprint density at radius 1 is 1.20 bits per heavy atom. The molecule has 0 saturated carbocycles. The van der Waals surface area contributed by atoms with Crippen molar-refractivity contribution in [1.82, 2.24) is 14.9 Å². The van der Waals surface area contributed by atoms with Crippen LogP contribution in [-0.2, 0) is 14.8 Å². The van der Waals surface area contributed by atoms with E-state index in [1.807, 2.05) is 13.8 Å². The molecule has 3 aromatic rings. The van der Waals surface area contributed by atoms with Gasteiger partial charge in [-0.05, 0) is 43.7 Å². The molecule has 1 saturated heterocycles. The summed E-state index contributed by atoms with van der Waals surface area (Å²) in [7, 11) is -4.00. The number of fused-ring (bicyclic) bond motifs is 1. The second kappa shape index (κ2) is 8.00. The molecule has 1 fully saturated rings. The van der Waals surface area contributed by atoms with Crippen LogP contribution in [0.1, 0.15) is 22.8 Å². The second-order valence-electron chi connectivity index (χ2n) is 7.26. The van der Waals surface area contributed by atoms with Crippen LogP contribution in [0.4, 0.5) is 5.69 Å². The van der Waals surface area contributed by atoms with Crippen LogP contribution in [0.2, 0.25) is 0 Å². The minimum atomic E-state index is -4.00. The summed E-state index contributed by atoms with van der Waals surface area (Å²) in [4.78, 5) is 23.2. The number of benzene rings is 2. The third-order valence-corrected chi connectivity index (χ3v) is 6.43. The Kier molecular flexibility index (Phi) is 5.40. The van der Waals surface area contributed by atoms with E-state index in [4.69, 9.17) is 4.74 Å². The monoisotopic (exact) mass is 426 g/mol. The van der Waals surface area contributed by atoms with Gasteiger partial charge in [0.1, 0.15) is 10.4 Å². The van der Waals surface area contributed by atoms with E-state index in [0.717, 1.165) is 5.56 Å². The minimum Gasteiger partial charge on any atom is -0.377 e. The van der Waals surface area contributed by atoms with Crippen LogP contribution in [0.3, 0.4) is 0 Å². The maximum Gasteiger partial charge on any atom is 0.264 e. The summed E-state index contributed by atoms with van der Waals surface area (Å²) in [6.07, 6.45) is 2.95. The average Bonchev–Trinajstić information content (AvgIpc) is 2.73. The maximum atomic E-state index is 13.2. The molecule has 1 N–H and O–H groups in total. The van der Waals surface area contributed by atoms with Crippen molar-refractivity contribution in [2.75, 3.05) is 24.5 Å². The van der Waals surface area contributed by atoms with Crippen LogP contribution >= 0.6 is 0 Å². The van der Waals surface area contributed by atoms with E-state index in [1.165, 1.54) is 18.5 Å². The lowest BCUT2D eigenvalue weighted by molar-refractivity contribution is 0.00365. The van der Waals surface area contributed by atoms with Gasteiger partial charge in [0.25, 0.3) is 15.9 Å². The highest BCUT2D eigenvalue weighted by Gasteiger charge is 2.28. The molecule has 2 aromatic carbocycles. The summed E-state index contributed by atoms with van der Waals surface area (Å²) in [6, 6.07) is 9.80. The number of ether oxygens (including phenoxy) is 1. The number of aromatic nitrogens is 2. The number of nitrogens with zero attached hydrogens (tertiary/aromatic N) is 3. The molecule has 0 spiro atoms. The number of aryl methyl sites for hydroxylation is 1. The Morgan fingerprint density at radius 2 is 2.00 bits per heavy atom. The van der Waals surface area contributed by atoms with Gasteiger partial charge in [-0.1, -0.05) is 12.1 Å². The van der Waals surface area contributed by atoms with Gasteiger partial charge in [-0.3, -0.25) is 19.5 Å². The molecular weight excluding hydrogens is 404 g/mol. The molecule has 0 aliphatic carbocycles. The van der Waals surface area contributed by atoms with Crippen molar-refractivity contribution in [3.05, 3.63) is 59.9 Å². The van der Waals surface area contributed by atoms with Gasteiger partial charge in [-0.25, -0.2) is 8.42 Å². The quantitative estimate of drug-likeness (QED) is 0.688. The summed E-state index contributed by atoms with van der Waals surface area (Å²) in [5.74, 6) is -0.235. The molecule has 8 nitrogen and oxygen atoms in total. The first kappa shape index (κ1) is 20.2. The number of carbonyl (C=O) groups is 1. The van der Waals surface area contributed by atoms with E-state index >= 15 is 0 Å². The SMILES string of the molecule is Cc1ccc(C(=O)N2CCOCC2C)c(NS(=O)(=O)c2cccc3nccnc23)c1. The highest BCUT2D eigenvalue weighted by molar-refractivity contribution is 7.93. The highest BCUT2D eigenvalue weighted by Crippen LogP contribution is 2.26. The summed E-state index contributed by atoms with van der Waals surface area (Å²) < 4.78 is 34.4. The molecule has 1 unspecified atom stereocenters. The first-order valence-corrected chi connectivity index (χ1v) is 11.1. The number of hydrogen-bond donors (Lipinski definition) is 1. The molecule has 1 amide bonds. The number of morpholine rings is 1.